The summed E-state index contributed by atoms with van der Waals surface area (Å²) < 4.78 is 6.46. The highest BCUT2D eigenvalue weighted by atomic mass is 32.1. The maximum Gasteiger partial charge on any atom is 0.273 e. The first-order valence-corrected chi connectivity index (χ1v) is 7.11. The van der Waals surface area contributed by atoms with Gasteiger partial charge in [0.1, 0.15) is 5.75 Å². The summed E-state index contributed by atoms with van der Waals surface area (Å²) in [6.45, 7) is 3.39. The summed E-state index contributed by atoms with van der Waals surface area (Å²) in [6, 6.07) is 8.99. The van der Waals surface area contributed by atoms with Gasteiger partial charge in [0.05, 0.1) is 5.38 Å². The average molecular weight is 305 g/mol. The van der Waals surface area contributed by atoms with E-state index in [1.165, 1.54) is 5.38 Å². The summed E-state index contributed by atoms with van der Waals surface area (Å²) in [5.74, 6) is -0.00763. The Balaban J connectivity index is 2.18. The zero-order valence-corrected chi connectivity index (χ0v) is 12.5. The van der Waals surface area contributed by atoms with Crippen LogP contribution >= 0.6 is 11.3 Å². The zero-order chi connectivity index (χ0) is 15.2. The van der Waals surface area contributed by atoms with Gasteiger partial charge in [-0.3, -0.25) is 4.79 Å². The maximum absolute atomic E-state index is 12.1. The van der Waals surface area contributed by atoms with Crippen molar-refractivity contribution in [2.75, 3.05) is 6.61 Å². The minimum Gasteiger partial charge on any atom is -0.494 e. The molecule has 0 aliphatic rings. The third-order valence-electron chi connectivity index (χ3n) is 2.38. The summed E-state index contributed by atoms with van der Waals surface area (Å²) in [6.07, 6.45) is 0. The predicted octanol–water partition coefficient (Wildman–Crippen LogP) is 2.27. The van der Waals surface area contributed by atoms with E-state index in [0.717, 1.165) is 21.6 Å². The number of benzene rings is 1. The van der Waals surface area contributed by atoms with Crippen LogP contribution in [0.25, 0.3) is 0 Å². The molecule has 1 N–H and O–H groups in total. The second-order valence-corrected chi connectivity index (χ2v) is 5.19. The van der Waals surface area contributed by atoms with Crippen molar-refractivity contribution in [3.8, 4) is 11.6 Å². The topological polar surface area (TPSA) is 76.2 Å². The standard InChI is InChI=1S/C14H15N3O3S/c1-10(2)15-16-14-17(13(19)9-21-14)12(18)8-20-11-6-4-3-5-7-11/h3-7,9,19H,8H2,1-2H3. The van der Waals surface area contributed by atoms with Gasteiger partial charge >= 0.3 is 0 Å². The van der Waals surface area contributed by atoms with E-state index in [1.54, 1.807) is 26.0 Å². The lowest BCUT2D eigenvalue weighted by molar-refractivity contribution is 0.0824. The third kappa shape index (κ3) is 4.03. The molecule has 0 bridgehead atoms. The maximum atomic E-state index is 12.1. The summed E-state index contributed by atoms with van der Waals surface area (Å²) in [5.41, 5.74) is 0.752. The SMILES string of the molecule is CC(C)=NN=c1scc(O)n1C(=O)COc1ccccc1. The van der Waals surface area contributed by atoms with Crippen LogP contribution in [0.15, 0.2) is 45.9 Å². The predicted molar refractivity (Wildman–Crippen MR) is 80.9 cm³/mol. The highest BCUT2D eigenvalue weighted by molar-refractivity contribution is 7.07. The number of carbonyl (C=O) groups excluding carboxylic acids is 1. The van der Waals surface area contributed by atoms with Crippen LogP contribution in [0, 0.1) is 0 Å². The van der Waals surface area contributed by atoms with Crippen LogP contribution in [0.5, 0.6) is 11.6 Å². The van der Waals surface area contributed by atoms with Crippen LogP contribution in [0.4, 0.5) is 0 Å². The zero-order valence-electron chi connectivity index (χ0n) is 11.7. The fraction of sp³-hybridized carbons (Fsp3) is 0.214. The van der Waals surface area contributed by atoms with E-state index >= 15 is 0 Å². The fourth-order valence-corrected chi connectivity index (χ4v) is 2.19. The van der Waals surface area contributed by atoms with Gasteiger partial charge in [0.25, 0.3) is 5.91 Å². The molecular formula is C14H15N3O3S. The number of carbonyl (C=O) groups is 1. The Morgan fingerprint density at radius 2 is 2.05 bits per heavy atom. The van der Waals surface area contributed by atoms with Gasteiger partial charge in [-0.25, -0.2) is 4.57 Å². The number of ether oxygens (including phenoxy) is 1. The molecular weight excluding hydrogens is 290 g/mol. The summed E-state index contributed by atoms with van der Waals surface area (Å²) in [4.78, 5) is 12.4. The third-order valence-corrected chi connectivity index (χ3v) is 3.18. The van der Waals surface area contributed by atoms with E-state index in [9.17, 15) is 9.90 Å². The highest BCUT2D eigenvalue weighted by Crippen LogP contribution is 2.11. The van der Waals surface area contributed by atoms with E-state index in [0.29, 0.717) is 10.6 Å². The van der Waals surface area contributed by atoms with Crippen LogP contribution in [0.2, 0.25) is 0 Å². The molecule has 0 unspecified atom stereocenters. The number of thiazole rings is 1. The lowest BCUT2D eigenvalue weighted by Crippen LogP contribution is -2.27. The van der Waals surface area contributed by atoms with Crippen molar-refractivity contribution < 1.29 is 14.6 Å². The number of hydrogen-bond acceptors (Lipinski definition) is 6. The molecule has 6 nitrogen and oxygen atoms in total. The number of aromatic nitrogens is 1. The Kier molecular flexibility index (Phi) is 4.89. The van der Waals surface area contributed by atoms with E-state index in [1.807, 2.05) is 18.2 Å². The number of aromatic hydroxyl groups is 1. The molecule has 0 spiro atoms. The van der Waals surface area contributed by atoms with Crippen LogP contribution in [-0.4, -0.2) is 27.9 Å². The molecule has 0 saturated heterocycles. The number of nitrogens with zero attached hydrogens (tertiary/aromatic N) is 3. The second-order valence-electron chi connectivity index (χ2n) is 4.35. The van der Waals surface area contributed by atoms with Crippen molar-refractivity contribution in [1.82, 2.24) is 4.57 Å². The van der Waals surface area contributed by atoms with E-state index < -0.39 is 5.91 Å². The molecule has 0 aliphatic heterocycles. The van der Waals surface area contributed by atoms with E-state index in [-0.39, 0.29) is 12.5 Å². The fourth-order valence-electron chi connectivity index (χ4n) is 1.48. The highest BCUT2D eigenvalue weighted by Gasteiger charge is 2.13. The molecule has 1 aromatic heterocycles. The van der Waals surface area contributed by atoms with Crippen molar-refractivity contribution in [1.29, 1.82) is 0 Å². The summed E-state index contributed by atoms with van der Waals surface area (Å²) >= 11 is 1.13. The van der Waals surface area contributed by atoms with Crippen molar-refractivity contribution in [3.05, 3.63) is 40.5 Å². The Bertz CT molecular complexity index is 713. The first-order chi connectivity index (χ1) is 10.1. The normalized spacial score (nSPS) is 11.2. The number of rotatable bonds is 4. The molecule has 7 heteroatoms. The van der Waals surface area contributed by atoms with Gasteiger partial charge in [0, 0.05) is 5.71 Å². The first-order valence-electron chi connectivity index (χ1n) is 6.23. The van der Waals surface area contributed by atoms with Crippen LogP contribution < -0.4 is 9.54 Å². The minimum atomic E-state index is -0.416. The van der Waals surface area contributed by atoms with Crippen molar-refractivity contribution in [3.63, 3.8) is 0 Å². The van der Waals surface area contributed by atoms with Crippen LogP contribution in [-0.2, 0) is 0 Å². The molecule has 0 fully saturated rings. The van der Waals surface area contributed by atoms with E-state index in [2.05, 4.69) is 10.2 Å². The first kappa shape index (κ1) is 15.0. The van der Waals surface area contributed by atoms with E-state index in [4.69, 9.17) is 4.74 Å². The molecule has 1 heterocycles. The van der Waals surface area contributed by atoms with Gasteiger partial charge in [-0.15, -0.1) is 5.10 Å². The molecule has 0 amide bonds. The largest absolute Gasteiger partial charge is 0.494 e. The molecule has 1 aromatic carbocycles. The molecule has 2 aromatic rings. The van der Waals surface area contributed by atoms with Gasteiger partial charge < -0.3 is 9.84 Å². The lowest BCUT2D eigenvalue weighted by Gasteiger charge is -2.06. The molecule has 110 valence electrons. The lowest BCUT2D eigenvalue weighted by atomic mass is 10.3. The monoisotopic (exact) mass is 305 g/mol. The quantitative estimate of drug-likeness (QED) is 0.695. The number of hydrogen-bond donors (Lipinski definition) is 1. The molecule has 0 radical (unpaired) electrons. The minimum absolute atomic E-state index is 0.177. The summed E-state index contributed by atoms with van der Waals surface area (Å²) in [5, 5.41) is 19.0. The molecule has 0 aliphatic carbocycles. The summed E-state index contributed by atoms with van der Waals surface area (Å²) in [7, 11) is 0. The van der Waals surface area contributed by atoms with Gasteiger partial charge in [0.15, 0.2) is 6.61 Å². The van der Waals surface area contributed by atoms with Crippen LogP contribution in [0.1, 0.15) is 18.6 Å². The van der Waals surface area contributed by atoms with Gasteiger partial charge in [0.2, 0.25) is 10.7 Å². The molecule has 0 saturated carbocycles. The van der Waals surface area contributed by atoms with Crippen LogP contribution in [0.3, 0.4) is 0 Å². The Labute approximate surface area is 125 Å². The van der Waals surface area contributed by atoms with Gasteiger partial charge in [-0.05, 0) is 26.0 Å². The molecule has 2 rings (SSSR count). The average Bonchev–Trinajstić information content (AvgIpc) is 2.85. The molecule has 21 heavy (non-hydrogen) atoms. The Morgan fingerprint density at radius 1 is 1.33 bits per heavy atom. The van der Waals surface area contributed by atoms with Crippen molar-refractivity contribution >= 4 is 23.0 Å². The van der Waals surface area contributed by atoms with Crippen molar-refractivity contribution in [2.24, 2.45) is 10.2 Å². The smallest absolute Gasteiger partial charge is 0.273 e. The van der Waals surface area contributed by atoms with Gasteiger partial charge in [-0.2, -0.15) is 5.10 Å². The number of para-hydroxylation sites is 1. The van der Waals surface area contributed by atoms with Gasteiger partial charge in [-0.1, -0.05) is 29.5 Å². The van der Waals surface area contributed by atoms with Crippen molar-refractivity contribution in [2.45, 2.75) is 13.8 Å². The second kappa shape index (κ2) is 6.85. The Hall–Kier alpha value is -2.41. The Morgan fingerprint density at radius 3 is 2.71 bits per heavy atom. The molecule has 0 atom stereocenters.